The quantitative estimate of drug-likeness (QED) is 0.946. The van der Waals surface area contributed by atoms with Crippen LogP contribution in [0.25, 0.3) is 0 Å². The van der Waals surface area contributed by atoms with Crippen LogP contribution in [0.1, 0.15) is 18.1 Å². The van der Waals surface area contributed by atoms with Gasteiger partial charge < -0.3 is 10.1 Å². The van der Waals surface area contributed by atoms with Crippen LogP contribution in [0, 0.1) is 0 Å². The molecule has 1 N–H and O–H groups in total. The van der Waals surface area contributed by atoms with Gasteiger partial charge in [-0.25, -0.2) is 0 Å². The van der Waals surface area contributed by atoms with Gasteiger partial charge in [0, 0.05) is 17.7 Å². The van der Waals surface area contributed by atoms with Crippen molar-refractivity contribution in [1.29, 1.82) is 0 Å². The van der Waals surface area contributed by atoms with E-state index in [1.54, 1.807) is 7.11 Å². The van der Waals surface area contributed by atoms with Crippen LogP contribution < -0.4 is 10.1 Å². The molecule has 0 unspecified atom stereocenters. The van der Waals surface area contributed by atoms with E-state index in [1.165, 1.54) is 0 Å². The molecule has 0 radical (unpaired) electrons. The zero-order valence-electron chi connectivity index (χ0n) is 12.7. The Morgan fingerprint density at radius 2 is 1.95 bits per heavy atom. The first kappa shape index (κ1) is 14.3. The number of nitrogens with one attached hydrogen (secondary N) is 1. The van der Waals surface area contributed by atoms with E-state index in [1.807, 2.05) is 43.3 Å². The number of fused-ring (bicyclic) bond motifs is 1. The number of ether oxygens (including phenoxy) is 1. The highest BCUT2D eigenvalue weighted by Crippen LogP contribution is 2.27. The zero-order valence-corrected chi connectivity index (χ0v) is 12.7. The van der Waals surface area contributed by atoms with Crippen LogP contribution in [0.4, 0.5) is 5.69 Å². The number of hydrogen-bond donors (Lipinski definition) is 1. The van der Waals surface area contributed by atoms with Crippen molar-refractivity contribution in [1.82, 2.24) is 0 Å². The fourth-order valence-corrected chi connectivity index (χ4v) is 2.53. The molecule has 1 aliphatic rings. The lowest BCUT2D eigenvalue weighted by molar-refractivity contribution is -0.116. The zero-order chi connectivity index (χ0) is 15.5. The minimum atomic E-state index is -0.405. The molecule has 0 aromatic heterocycles. The van der Waals surface area contributed by atoms with Gasteiger partial charge in [-0.3, -0.25) is 9.79 Å². The normalized spacial score (nSPS) is 17.1. The molecule has 0 saturated heterocycles. The van der Waals surface area contributed by atoms with Gasteiger partial charge in [-0.1, -0.05) is 30.3 Å². The standard InChI is InChI=1S/C18H18N2O2/c1-12-18(21)20-16-9-8-14(22-2)11-15(16)17(19-12)10-13-6-4-3-5-7-13/h3-9,11-12H,10H2,1-2H3,(H,20,21)/t12-/m1/s1. The van der Waals surface area contributed by atoms with Gasteiger partial charge in [0.15, 0.2) is 0 Å². The Labute approximate surface area is 129 Å². The molecular formula is C18H18N2O2. The average molecular weight is 294 g/mol. The van der Waals surface area contributed by atoms with Gasteiger partial charge in [0.1, 0.15) is 11.8 Å². The fraction of sp³-hybridized carbons (Fsp3) is 0.222. The van der Waals surface area contributed by atoms with E-state index in [9.17, 15) is 4.79 Å². The first-order valence-electron chi connectivity index (χ1n) is 7.27. The number of carbonyl (C=O) groups is 1. The third-order valence-corrected chi connectivity index (χ3v) is 3.74. The Hall–Kier alpha value is -2.62. The summed E-state index contributed by atoms with van der Waals surface area (Å²) in [6.07, 6.45) is 0.681. The van der Waals surface area contributed by atoms with Crippen LogP contribution in [0.3, 0.4) is 0 Å². The van der Waals surface area contributed by atoms with Crippen LogP contribution in [0.2, 0.25) is 0 Å². The molecule has 3 rings (SSSR count). The van der Waals surface area contributed by atoms with Gasteiger partial charge >= 0.3 is 0 Å². The number of benzene rings is 2. The van der Waals surface area contributed by atoms with E-state index in [4.69, 9.17) is 4.74 Å². The van der Waals surface area contributed by atoms with E-state index < -0.39 is 6.04 Å². The van der Waals surface area contributed by atoms with Crippen molar-refractivity contribution >= 4 is 17.3 Å². The highest BCUT2D eigenvalue weighted by Gasteiger charge is 2.22. The van der Waals surface area contributed by atoms with Crippen LogP contribution in [0.15, 0.2) is 53.5 Å². The van der Waals surface area contributed by atoms with Crippen molar-refractivity contribution in [3.63, 3.8) is 0 Å². The lowest BCUT2D eigenvalue weighted by Crippen LogP contribution is -2.22. The Morgan fingerprint density at radius 1 is 1.18 bits per heavy atom. The molecule has 0 saturated carbocycles. The van der Waals surface area contributed by atoms with Crippen LogP contribution in [0.5, 0.6) is 5.75 Å². The van der Waals surface area contributed by atoms with Crippen molar-refractivity contribution in [2.45, 2.75) is 19.4 Å². The van der Waals surface area contributed by atoms with Gasteiger partial charge in [0.25, 0.3) is 0 Å². The maximum absolute atomic E-state index is 12.1. The van der Waals surface area contributed by atoms with E-state index >= 15 is 0 Å². The maximum Gasteiger partial charge on any atom is 0.248 e. The van der Waals surface area contributed by atoms with Crippen LogP contribution >= 0.6 is 0 Å². The number of amides is 1. The number of rotatable bonds is 3. The number of hydrogen-bond acceptors (Lipinski definition) is 3. The first-order chi connectivity index (χ1) is 10.7. The molecule has 1 amide bonds. The fourth-order valence-electron chi connectivity index (χ4n) is 2.53. The minimum Gasteiger partial charge on any atom is -0.497 e. The molecule has 0 spiro atoms. The Balaban J connectivity index is 2.06. The third kappa shape index (κ3) is 2.86. The molecule has 112 valence electrons. The summed E-state index contributed by atoms with van der Waals surface area (Å²) in [5.41, 5.74) is 3.76. The summed E-state index contributed by atoms with van der Waals surface area (Å²) in [6.45, 7) is 1.81. The number of aliphatic imine (C=N–C) groups is 1. The van der Waals surface area contributed by atoms with E-state index in [0.29, 0.717) is 6.42 Å². The van der Waals surface area contributed by atoms with Crippen molar-refractivity contribution in [2.75, 3.05) is 12.4 Å². The second-order valence-electron chi connectivity index (χ2n) is 5.31. The Morgan fingerprint density at radius 3 is 2.68 bits per heavy atom. The van der Waals surface area contributed by atoms with Crippen molar-refractivity contribution in [3.8, 4) is 5.75 Å². The summed E-state index contributed by atoms with van der Waals surface area (Å²) in [5.74, 6) is 0.665. The van der Waals surface area contributed by atoms with E-state index in [0.717, 1.165) is 28.3 Å². The van der Waals surface area contributed by atoms with Gasteiger partial charge in [-0.2, -0.15) is 0 Å². The molecule has 1 atom stereocenters. The summed E-state index contributed by atoms with van der Waals surface area (Å²) < 4.78 is 5.31. The highest BCUT2D eigenvalue weighted by molar-refractivity contribution is 6.12. The second-order valence-corrected chi connectivity index (χ2v) is 5.31. The predicted octanol–water partition coefficient (Wildman–Crippen LogP) is 3.07. The van der Waals surface area contributed by atoms with Crippen LogP contribution in [-0.2, 0) is 11.2 Å². The number of benzodiazepines with no additional fused rings is 1. The minimum absolute atomic E-state index is 0.0884. The topological polar surface area (TPSA) is 50.7 Å². The lowest BCUT2D eigenvalue weighted by atomic mass is 10.0. The van der Waals surface area contributed by atoms with Crippen molar-refractivity contribution < 1.29 is 9.53 Å². The SMILES string of the molecule is COc1ccc2c(c1)C(Cc1ccccc1)=N[C@H](C)C(=O)N2. The van der Waals surface area contributed by atoms with E-state index in [2.05, 4.69) is 22.4 Å². The second kappa shape index (κ2) is 6.02. The van der Waals surface area contributed by atoms with Crippen molar-refractivity contribution in [2.24, 2.45) is 4.99 Å². The molecule has 1 aliphatic heterocycles. The smallest absolute Gasteiger partial charge is 0.248 e. The molecule has 2 aromatic rings. The number of nitrogens with zero attached hydrogens (tertiary/aromatic N) is 1. The van der Waals surface area contributed by atoms with Gasteiger partial charge in [0.2, 0.25) is 5.91 Å². The summed E-state index contributed by atoms with van der Waals surface area (Å²) in [4.78, 5) is 16.7. The van der Waals surface area contributed by atoms with Gasteiger partial charge in [-0.15, -0.1) is 0 Å². The largest absolute Gasteiger partial charge is 0.497 e. The molecular weight excluding hydrogens is 276 g/mol. The Bertz CT molecular complexity index is 723. The van der Waals surface area contributed by atoms with Gasteiger partial charge in [-0.05, 0) is 30.7 Å². The molecule has 0 bridgehead atoms. The lowest BCUT2D eigenvalue weighted by Gasteiger charge is -2.11. The molecule has 22 heavy (non-hydrogen) atoms. The molecule has 4 nitrogen and oxygen atoms in total. The highest BCUT2D eigenvalue weighted by atomic mass is 16.5. The third-order valence-electron chi connectivity index (χ3n) is 3.74. The first-order valence-corrected chi connectivity index (χ1v) is 7.27. The van der Waals surface area contributed by atoms with E-state index in [-0.39, 0.29) is 5.91 Å². The Kier molecular flexibility index (Phi) is 3.92. The molecule has 4 heteroatoms. The summed E-state index contributed by atoms with van der Waals surface area (Å²) >= 11 is 0. The molecule has 1 heterocycles. The summed E-state index contributed by atoms with van der Waals surface area (Å²) in [5, 5.41) is 2.93. The summed E-state index contributed by atoms with van der Waals surface area (Å²) in [7, 11) is 1.63. The number of carbonyl (C=O) groups excluding carboxylic acids is 1. The molecule has 0 fully saturated rings. The van der Waals surface area contributed by atoms with Crippen molar-refractivity contribution in [3.05, 3.63) is 59.7 Å². The molecule has 2 aromatic carbocycles. The van der Waals surface area contributed by atoms with Crippen LogP contribution in [-0.4, -0.2) is 24.8 Å². The van der Waals surface area contributed by atoms with Gasteiger partial charge in [0.05, 0.1) is 12.8 Å². The predicted molar refractivity (Wildman–Crippen MR) is 87.8 cm³/mol. The maximum atomic E-state index is 12.1. The number of methoxy groups -OCH3 is 1. The number of anilines is 1. The molecule has 0 aliphatic carbocycles. The monoisotopic (exact) mass is 294 g/mol. The summed E-state index contributed by atoms with van der Waals surface area (Å²) in [6, 6.07) is 15.4. The average Bonchev–Trinajstić information content (AvgIpc) is 2.65.